The lowest BCUT2D eigenvalue weighted by Crippen LogP contribution is -2.20. The van der Waals surface area contributed by atoms with Crippen molar-refractivity contribution < 1.29 is 4.74 Å². The fourth-order valence-corrected chi connectivity index (χ4v) is 2.72. The van der Waals surface area contributed by atoms with Gasteiger partial charge in [0.15, 0.2) is 0 Å². The second-order valence-electron chi connectivity index (χ2n) is 4.34. The van der Waals surface area contributed by atoms with Gasteiger partial charge in [0.05, 0.1) is 17.3 Å². The molecule has 2 N–H and O–H groups in total. The molecule has 0 heterocycles. The Morgan fingerprint density at radius 2 is 2.12 bits per heavy atom. The highest BCUT2D eigenvalue weighted by molar-refractivity contribution is 9.10. The lowest BCUT2D eigenvalue weighted by atomic mass is 10.1. The topological polar surface area (TPSA) is 47.6 Å². The van der Waals surface area contributed by atoms with Crippen LogP contribution in [0.15, 0.2) is 27.7 Å². The van der Waals surface area contributed by atoms with E-state index in [0.717, 1.165) is 21.7 Å². The van der Waals surface area contributed by atoms with E-state index in [1.165, 1.54) is 25.7 Å². The minimum Gasteiger partial charge on any atom is -0.496 e. The number of methoxy groups -OCH3 is 1. The first kappa shape index (κ1) is 12.4. The maximum absolute atomic E-state index is 6.04. The van der Waals surface area contributed by atoms with Crippen LogP contribution in [0.1, 0.15) is 25.7 Å². The molecule has 0 amide bonds. The minimum atomic E-state index is 0.468. The summed E-state index contributed by atoms with van der Waals surface area (Å²) in [5.41, 5.74) is 6.91. The highest BCUT2D eigenvalue weighted by Gasteiger charge is 2.18. The van der Waals surface area contributed by atoms with Gasteiger partial charge in [-0.3, -0.25) is 0 Å². The summed E-state index contributed by atoms with van der Waals surface area (Å²) in [6.07, 6.45) is 4.89. The van der Waals surface area contributed by atoms with E-state index in [1.807, 2.05) is 18.2 Å². The average Bonchev–Trinajstić information content (AvgIpc) is 2.82. The van der Waals surface area contributed by atoms with Crippen molar-refractivity contribution in [3.05, 3.63) is 22.7 Å². The molecule has 1 aliphatic rings. The van der Waals surface area contributed by atoms with E-state index in [9.17, 15) is 0 Å². The van der Waals surface area contributed by atoms with Crippen molar-refractivity contribution in [1.82, 2.24) is 0 Å². The molecule has 1 aliphatic carbocycles. The number of hydrogen-bond acceptors (Lipinski definition) is 2. The van der Waals surface area contributed by atoms with Crippen LogP contribution in [-0.2, 0) is 0 Å². The Hall–Kier alpha value is -1.03. The van der Waals surface area contributed by atoms with Crippen molar-refractivity contribution in [2.24, 2.45) is 16.6 Å². The van der Waals surface area contributed by atoms with E-state index < -0.39 is 0 Å². The van der Waals surface area contributed by atoms with Gasteiger partial charge < -0.3 is 10.5 Å². The summed E-state index contributed by atoms with van der Waals surface area (Å²) in [5.74, 6) is 2.04. The van der Waals surface area contributed by atoms with Crippen LogP contribution in [-0.4, -0.2) is 12.9 Å². The lowest BCUT2D eigenvalue weighted by Gasteiger charge is -2.09. The molecule has 1 aromatic rings. The molecule has 0 spiro atoms. The number of benzene rings is 1. The molecule has 0 aromatic heterocycles. The lowest BCUT2D eigenvalue weighted by molar-refractivity contribution is 0.412. The second kappa shape index (κ2) is 5.54. The van der Waals surface area contributed by atoms with Gasteiger partial charge in [-0.25, -0.2) is 4.99 Å². The van der Waals surface area contributed by atoms with Gasteiger partial charge in [-0.05, 0) is 47.0 Å². The van der Waals surface area contributed by atoms with Gasteiger partial charge in [-0.1, -0.05) is 12.8 Å². The third kappa shape index (κ3) is 3.00. The Kier molecular flexibility index (Phi) is 4.05. The van der Waals surface area contributed by atoms with E-state index in [1.54, 1.807) is 7.11 Å². The maximum Gasteiger partial charge on any atom is 0.133 e. The number of nitrogens with zero attached hydrogens (tertiary/aromatic N) is 1. The van der Waals surface area contributed by atoms with Crippen LogP contribution in [0.5, 0.6) is 5.75 Å². The second-order valence-corrected chi connectivity index (χ2v) is 5.19. The fourth-order valence-electron chi connectivity index (χ4n) is 2.19. The van der Waals surface area contributed by atoms with Crippen LogP contribution in [0.2, 0.25) is 0 Å². The first-order chi connectivity index (χ1) is 8.20. The normalized spacial score (nSPS) is 17.4. The van der Waals surface area contributed by atoms with Crippen molar-refractivity contribution in [2.75, 3.05) is 7.11 Å². The maximum atomic E-state index is 6.04. The predicted molar refractivity (Wildman–Crippen MR) is 73.9 cm³/mol. The minimum absolute atomic E-state index is 0.468. The molecule has 92 valence electrons. The molecular weight excluding hydrogens is 280 g/mol. The molecule has 0 aliphatic heterocycles. The number of ether oxygens (including phenoxy) is 1. The standard InChI is InChI=1S/C13H17BrN2O/c1-17-12-7-6-10(8-11(12)14)16-13(15)9-4-2-3-5-9/h6-9H,2-5H2,1H3,(H2,15,16). The van der Waals surface area contributed by atoms with Crippen LogP contribution >= 0.6 is 15.9 Å². The zero-order valence-corrected chi connectivity index (χ0v) is 11.5. The van der Waals surface area contributed by atoms with Crippen LogP contribution in [0, 0.1) is 5.92 Å². The summed E-state index contributed by atoms with van der Waals surface area (Å²) in [7, 11) is 1.65. The first-order valence-corrected chi connectivity index (χ1v) is 6.67. The number of aliphatic imine (C=N–C) groups is 1. The number of halogens is 1. The average molecular weight is 297 g/mol. The van der Waals surface area contributed by atoms with Crippen molar-refractivity contribution in [3.63, 3.8) is 0 Å². The van der Waals surface area contributed by atoms with Gasteiger partial charge in [-0.2, -0.15) is 0 Å². The zero-order valence-electron chi connectivity index (χ0n) is 9.95. The van der Waals surface area contributed by atoms with Crippen LogP contribution in [0.3, 0.4) is 0 Å². The molecule has 0 unspecified atom stereocenters. The van der Waals surface area contributed by atoms with Crippen LogP contribution < -0.4 is 10.5 Å². The highest BCUT2D eigenvalue weighted by atomic mass is 79.9. The molecule has 1 saturated carbocycles. The summed E-state index contributed by atoms with van der Waals surface area (Å²) in [6, 6.07) is 5.75. The largest absolute Gasteiger partial charge is 0.496 e. The van der Waals surface area contributed by atoms with E-state index in [4.69, 9.17) is 10.5 Å². The molecule has 17 heavy (non-hydrogen) atoms. The molecule has 0 atom stereocenters. The fraction of sp³-hybridized carbons (Fsp3) is 0.462. The van der Waals surface area contributed by atoms with Crippen molar-refractivity contribution in [1.29, 1.82) is 0 Å². The number of rotatable bonds is 3. The Morgan fingerprint density at radius 1 is 1.41 bits per heavy atom. The molecule has 0 radical (unpaired) electrons. The van der Waals surface area contributed by atoms with Crippen LogP contribution in [0.4, 0.5) is 5.69 Å². The van der Waals surface area contributed by atoms with Crippen LogP contribution in [0.25, 0.3) is 0 Å². The molecular formula is C13H17BrN2O. The predicted octanol–water partition coefficient (Wildman–Crippen LogP) is 3.64. The van der Waals surface area contributed by atoms with Gasteiger partial charge in [0.2, 0.25) is 0 Å². The first-order valence-electron chi connectivity index (χ1n) is 5.88. The van der Waals surface area contributed by atoms with Gasteiger partial charge in [0, 0.05) is 5.92 Å². The third-order valence-corrected chi connectivity index (χ3v) is 3.79. The molecule has 0 saturated heterocycles. The van der Waals surface area contributed by atoms with Crippen molar-refractivity contribution in [2.45, 2.75) is 25.7 Å². The van der Waals surface area contributed by atoms with Gasteiger partial charge >= 0.3 is 0 Å². The molecule has 4 heteroatoms. The number of hydrogen-bond donors (Lipinski definition) is 1. The molecule has 1 aromatic carbocycles. The van der Waals surface area contributed by atoms with Crippen molar-refractivity contribution in [3.8, 4) is 5.75 Å². The summed E-state index contributed by atoms with van der Waals surface area (Å²) in [6.45, 7) is 0. The smallest absolute Gasteiger partial charge is 0.133 e. The molecule has 1 fully saturated rings. The molecule has 3 nitrogen and oxygen atoms in total. The third-order valence-electron chi connectivity index (χ3n) is 3.17. The van der Waals surface area contributed by atoms with Gasteiger partial charge in [-0.15, -0.1) is 0 Å². The number of nitrogens with two attached hydrogens (primary N) is 1. The number of amidine groups is 1. The Balaban J connectivity index is 2.17. The molecule has 2 rings (SSSR count). The van der Waals surface area contributed by atoms with Gasteiger partial charge in [0.1, 0.15) is 11.6 Å². The summed E-state index contributed by atoms with van der Waals surface area (Å²) >= 11 is 3.45. The summed E-state index contributed by atoms with van der Waals surface area (Å²) in [5, 5.41) is 0. The van der Waals surface area contributed by atoms with E-state index >= 15 is 0 Å². The molecule has 0 bridgehead atoms. The van der Waals surface area contributed by atoms with Crippen molar-refractivity contribution >= 4 is 27.5 Å². The zero-order chi connectivity index (χ0) is 12.3. The summed E-state index contributed by atoms with van der Waals surface area (Å²) in [4.78, 5) is 4.49. The van der Waals surface area contributed by atoms with Gasteiger partial charge in [0.25, 0.3) is 0 Å². The summed E-state index contributed by atoms with van der Waals surface area (Å²) < 4.78 is 6.08. The Labute approximate surface area is 110 Å². The Morgan fingerprint density at radius 3 is 2.71 bits per heavy atom. The van der Waals surface area contributed by atoms with E-state index in [0.29, 0.717) is 5.92 Å². The highest BCUT2D eigenvalue weighted by Crippen LogP contribution is 2.30. The SMILES string of the molecule is COc1ccc(N=C(N)C2CCCC2)cc1Br. The quantitative estimate of drug-likeness (QED) is 0.684. The Bertz CT molecular complexity index is 425. The monoisotopic (exact) mass is 296 g/mol. The van der Waals surface area contributed by atoms with E-state index in [2.05, 4.69) is 20.9 Å². The van der Waals surface area contributed by atoms with E-state index in [-0.39, 0.29) is 0 Å².